The van der Waals surface area contributed by atoms with E-state index in [9.17, 15) is 0 Å². The summed E-state index contributed by atoms with van der Waals surface area (Å²) in [5.74, 6) is 0.475. The van der Waals surface area contributed by atoms with E-state index in [0.717, 1.165) is 6.42 Å². The van der Waals surface area contributed by atoms with Crippen molar-refractivity contribution >= 4 is 12.6 Å². The summed E-state index contributed by atoms with van der Waals surface area (Å²) in [5, 5.41) is 0. The molecule has 0 bridgehead atoms. The summed E-state index contributed by atoms with van der Waals surface area (Å²) in [4.78, 5) is 1.21. The van der Waals surface area contributed by atoms with E-state index in [1.165, 1.54) is 23.3 Å². The normalized spacial score (nSPS) is 26.9. The Morgan fingerprint density at radius 3 is 2.85 bits per heavy atom. The Kier molecular flexibility index (Phi) is 4.07. The molecule has 0 spiro atoms. The minimum absolute atomic E-state index is 0.230. The van der Waals surface area contributed by atoms with Gasteiger partial charge in [-0.1, -0.05) is 12.2 Å². The Bertz CT molecular complexity index is 228. The lowest BCUT2D eigenvalue weighted by atomic mass is 9.86. The van der Waals surface area contributed by atoms with Gasteiger partial charge >= 0.3 is 0 Å². The molecule has 0 aromatic rings. The molecule has 0 saturated carbocycles. The molecule has 0 saturated heterocycles. The summed E-state index contributed by atoms with van der Waals surface area (Å²) in [7, 11) is 0. The second kappa shape index (κ2) is 4.87. The first kappa shape index (κ1) is 10.9. The molecule has 0 radical (unpaired) electrons. The van der Waals surface area contributed by atoms with E-state index in [2.05, 4.69) is 31.7 Å². The maximum atomic E-state index is 5.91. The average Bonchev–Trinajstić information content (AvgIpc) is 2.08. The summed E-state index contributed by atoms with van der Waals surface area (Å²) in [6.45, 7) is 4.11. The standard InChI is InChI=1S/C11H19NS/c1-3-5-9-6-4-7-10(8(2)12)11(9)13/h3,5,8,10,13H,4,6-7,12H2,1-2H3/b5-3-/t8-,10-/m0/s1. The number of allylic oxidation sites excluding steroid dienone is 3. The third-order valence-electron chi connectivity index (χ3n) is 2.64. The molecule has 1 aliphatic carbocycles. The molecule has 2 N–H and O–H groups in total. The third-order valence-corrected chi connectivity index (χ3v) is 3.26. The van der Waals surface area contributed by atoms with E-state index in [4.69, 9.17) is 5.73 Å². The molecule has 0 aromatic heterocycles. The van der Waals surface area contributed by atoms with Crippen LogP contribution in [-0.2, 0) is 0 Å². The van der Waals surface area contributed by atoms with Gasteiger partial charge < -0.3 is 5.73 Å². The minimum atomic E-state index is 0.230. The Hall–Kier alpha value is -0.210. The van der Waals surface area contributed by atoms with Crippen molar-refractivity contribution in [2.75, 3.05) is 0 Å². The van der Waals surface area contributed by atoms with Gasteiger partial charge in [0.1, 0.15) is 0 Å². The Balaban J connectivity index is 2.85. The fraction of sp³-hybridized carbons (Fsp3) is 0.636. The summed E-state index contributed by atoms with van der Waals surface area (Å²) in [5.41, 5.74) is 7.28. The third kappa shape index (κ3) is 2.61. The van der Waals surface area contributed by atoms with Gasteiger partial charge in [0.15, 0.2) is 0 Å². The van der Waals surface area contributed by atoms with Crippen molar-refractivity contribution in [2.24, 2.45) is 11.7 Å². The van der Waals surface area contributed by atoms with Gasteiger partial charge in [-0.25, -0.2) is 0 Å². The highest BCUT2D eigenvalue weighted by Gasteiger charge is 2.22. The van der Waals surface area contributed by atoms with Crippen molar-refractivity contribution in [1.29, 1.82) is 0 Å². The molecular formula is C11H19NS. The van der Waals surface area contributed by atoms with Crippen molar-refractivity contribution in [3.63, 3.8) is 0 Å². The van der Waals surface area contributed by atoms with Crippen molar-refractivity contribution in [3.8, 4) is 0 Å². The van der Waals surface area contributed by atoms with E-state index in [-0.39, 0.29) is 6.04 Å². The monoisotopic (exact) mass is 197 g/mol. The van der Waals surface area contributed by atoms with Crippen LogP contribution in [0.1, 0.15) is 33.1 Å². The van der Waals surface area contributed by atoms with E-state index in [0.29, 0.717) is 5.92 Å². The predicted molar refractivity (Wildman–Crippen MR) is 61.8 cm³/mol. The minimum Gasteiger partial charge on any atom is -0.327 e. The molecule has 0 amide bonds. The number of thiol groups is 1. The van der Waals surface area contributed by atoms with E-state index in [1.807, 2.05) is 6.92 Å². The van der Waals surface area contributed by atoms with Crippen LogP contribution >= 0.6 is 12.6 Å². The molecule has 1 nitrogen and oxygen atoms in total. The van der Waals surface area contributed by atoms with Gasteiger partial charge in [-0.05, 0) is 43.6 Å². The molecular weight excluding hydrogens is 178 g/mol. The first-order valence-electron chi connectivity index (χ1n) is 4.97. The zero-order valence-corrected chi connectivity index (χ0v) is 9.35. The maximum Gasteiger partial charge on any atom is 0.00843 e. The highest BCUT2D eigenvalue weighted by molar-refractivity contribution is 7.84. The molecule has 1 rings (SSSR count). The highest BCUT2D eigenvalue weighted by atomic mass is 32.1. The second-order valence-corrected chi connectivity index (χ2v) is 4.25. The number of nitrogens with two attached hydrogens (primary N) is 1. The molecule has 13 heavy (non-hydrogen) atoms. The molecule has 74 valence electrons. The van der Waals surface area contributed by atoms with Gasteiger partial charge in [0.25, 0.3) is 0 Å². The molecule has 1 aliphatic rings. The summed E-state index contributed by atoms with van der Waals surface area (Å²) >= 11 is 4.57. The molecule has 0 aliphatic heterocycles. The van der Waals surface area contributed by atoms with Crippen LogP contribution in [0.5, 0.6) is 0 Å². The summed E-state index contributed by atoms with van der Waals surface area (Å²) in [6, 6.07) is 0.230. The van der Waals surface area contributed by atoms with Gasteiger partial charge in [0, 0.05) is 12.0 Å². The fourth-order valence-corrected chi connectivity index (χ4v) is 2.45. The zero-order valence-electron chi connectivity index (χ0n) is 8.46. The highest BCUT2D eigenvalue weighted by Crippen LogP contribution is 2.34. The molecule has 0 unspecified atom stereocenters. The van der Waals surface area contributed by atoms with Crippen LogP contribution in [0.25, 0.3) is 0 Å². The topological polar surface area (TPSA) is 26.0 Å². The Morgan fingerprint density at radius 2 is 2.31 bits per heavy atom. The first-order valence-corrected chi connectivity index (χ1v) is 5.41. The van der Waals surface area contributed by atoms with Crippen LogP contribution in [-0.4, -0.2) is 6.04 Å². The van der Waals surface area contributed by atoms with E-state index < -0.39 is 0 Å². The van der Waals surface area contributed by atoms with Crippen molar-refractivity contribution in [2.45, 2.75) is 39.2 Å². The fourth-order valence-electron chi connectivity index (χ4n) is 1.90. The lowest BCUT2D eigenvalue weighted by molar-refractivity contribution is 0.455. The Labute approximate surface area is 86.5 Å². The molecule has 2 atom stereocenters. The second-order valence-electron chi connectivity index (χ2n) is 3.77. The Morgan fingerprint density at radius 1 is 1.62 bits per heavy atom. The largest absolute Gasteiger partial charge is 0.327 e. The van der Waals surface area contributed by atoms with Gasteiger partial charge in [0.2, 0.25) is 0 Å². The quantitative estimate of drug-likeness (QED) is 0.654. The number of rotatable bonds is 2. The number of hydrogen-bond donors (Lipinski definition) is 2. The van der Waals surface area contributed by atoms with Crippen molar-refractivity contribution in [3.05, 3.63) is 22.6 Å². The predicted octanol–water partition coefficient (Wildman–Crippen LogP) is 2.89. The van der Waals surface area contributed by atoms with Crippen LogP contribution in [0.4, 0.5) is 0 Å². The van der Waals surface area contributed by atoms with Crippen LogP contribution in [0.2, 0.25) is 0 Å². The van der Waals surface area contributed by atoms with Crippen LogP contribution in [0.3, 0.4) is 0 Å². The van der Waals surface area contributed by atoms with Gasteiger partial charge in [-0.15, -0.1) is 12.6 Å². The van der Waals surface area contributed by atoms with Crippen molar-refractivity contribution in [1.82, 2.24) is 0 Å². The summed E-state index contributed by atoms with van der Waals surface area (Å²) < 4.78 is 0. The molecule has 0 heterocycles. The first-order chi connectivity index (χ1) is 6.16. The van der Waals surface area contributed by atoms with Gasteiger partial charge in [0.05, 0.1) is 0 Å². The lowest BCUT2D eigenvalue weighted by Crippen LogP contribution is -2.29. The summed E-state index contributed by atoms with van der Waals surface area (Å²) in [6.07, 6.45) is 7.84. The molecule has 0 aromatic carbocycles. The van der Waals surface area contributed by atoms with Gasteiger partial charge in [-0.2, -0.15) is 0 Å². The smallest absolute Gasteiger partial charge is 0.00843 e. The molecule has 0 fully saturated rings. The van der Waals surface area contributed by atoms with Crippen LogP contribution < -0.4 is 5.73 Å². The SMILES string of the molecule is C/C=C\C1=C(S)[C@H]([C@H](C)N)CCC1. The average molecular weight is 197 g/mol. The van der Waals surface area contributed by atoms with E-state index in [1.54, 1.807) is 0 Å². The lowest BCUT2D eigenvalue weighted by Gasteiger charge is -2.27. The molecule has 2 heteroatoms. The zero-order chi connectivity index (χ0) is 9.84. The van der Waals surface area contributed by atoms with Crippen molar-refractivity contribution < 1.29 is 0 Å². The maximum absolute atomic E-state index is 5.91. The van der Waals surface area contributed by atoms with Gasteiger partial charge in [-0.3, -0.25) is 0 Å². The number of hydrogen-bond acceptors (Lipinski definition) is 2. The van der Waals surface area contributed by atoms with Crippen LogP contribution in [0, 0.1) is 5.92 Å². The van der Waals surface area contributed by atoms with Crippen LogP contribution in [0.15, 0.2) is 22.6 Å². The van der Waals surface area contributed by atoms with E-state index >= 15 is 0 Å².